The number of benzene rings is 3. The van der Waals surface area contributed by atoms with E-state index in [0.29, 0.717) is 32.4 Å². The zero-order valence-corrected chi connectivity index (χ0v) is 19.3. The van der Waals surface area contributed by atoms with Gasteiger partial charge < -0.3 is 4.74 Å². The van der Waals surface area contributed by atoms with E-state index in [9.17, 15) is 14.0 Å². The molecule has 0 aliphatic carbocycles. The minimum absolute atomic E-state index is 0.0783. The highest BCUT2D eigenvalue weighted by atomic mass is 35.5. The van der Waals surface area contributed by atoms with E-state index in [2.05, 4.69) is 5.43 Å². The number of nitrogens with zero attached hydrogens (tertiary/aromatic N) is 1. The predicted molar refractivity (Wildman–Crippen MR) is 131 cm³/mol. The lowest BCUT2D eigenvalue weighted by Crippen LogP contribution is -2.44. The van der Waals surface area contributed by atoms with E-state index < -0.39 is 11.8 Å². The van der Waals surface area contributed by atoms with Crippen molar-refractivity contribution in [2.75, 3.05) is 0 Å². The number of thiocarbonyl (C=S) groups is 1. The van der Waals surface area contributed by atoms with E-state index in [4.69, 9.17) is 28.6 Å². The third-order valence-electron chi connectivity index (χ3n) is 4.62. The Morgan fingerprint density at radius 1 is 1.12 bits per heavy atom. The smallest absolute Gasteiger partial charge is 0.285 e. The molecule has 4 rings (SSSR count). The predicted octanol–water partition coefficient (Wildman–Crippen LogP) is 5.60. The Hall–Kier alpha value is -3.20. The summed E-state index contributed by atoms with van der Waals surface area (Å²) in [6.45, 7) is 0.0783. The van der Waals surface area contributed by atoms with Gasteiger partial charge in [0.05, 0.1) is 4.91 Å². The third kappa shape index (κ3) is 5.60. The van der Waals surface area contributed by atoms with Gasteiger partial charge in [-0.3, -0.25) is 15.0 Å². The SMILES string of the molecule is O=C(NN1C(=O)/C(=C\c2cccc(OCc3ccccc3F)c2)SC1=S)c1ccc(Cl)cc1. The Morgan fingerprint density at radius 3 is 2.64 bits per heavy atom. The molecule has 1 heterocycles. The molecule has 0 atom stereocenters. The van der Waals surface area contributed by atoms with Crippen molar-refractivity contribution in [1.82, 2.24) is 10.4 Å². The molecule has 2 amide bonds. The first-order valence-electron chi connectivity index (χ1n) is 9.71. The summed E-state index contributed by atoms with van der Waals surface area (Å²) in [6, 6.07) is 19.7. The van der Waals surface area contributed by atoms with Gasteiger partial charge in [-0.15, -0.1) is 0 Å². The van der Waals surface area contributed by atoms with Crippen molar-refractivity contribution in [2.24, 2.45) is 0 Å². The van der Waals surface area contributed by atoms with Gasteiger partial charge in [-0.1, -0.05) is 53.7 Å². The second-order valence-corrected chi connectivity index (χ2v) is 9.03. The zero-order valence-electron chi connectivity index (χ0n) is 17.0. The summed E-state index contributed by atoms with van der Waals surface area (Å²) >= 11 is 12.2. The molecule has 1 aliphatic heterocycles. The highest BCUT2D eigenvalue weighted by molar-refractivity contribution is 8.26. The zero-order chi connectivity index (χ0) is 23.4. The van der Waals surface area contributed by atoms with Crippen LogP contribution in [-0.2, 0) is 11.4 Å². The number of thioether (sulfide) groups is 1. The van der Waals surface area contributed by atoms with Crippen LogP contribution in [0.2, 0.25) is 5.02 Å². The quantitative estimate of drug-likeness (QED) is 0.354. The fraction of sp³-hybridized carbons (Fsp3) is 0.0417. The average Bonchev–Trinajstić information content (AvgIpc) is 3.06. The molecule has 33 heavy (non-hydrogen) atoms. The van der Waals surface area contributed by atoms with Gasteiger partial charge in [0.1, 0.15) is 18.2 Å². The number of rotatable bonds is 6. The van der Waals surface area contributed by atoms with E-state index in [1.165, 1.54) is 6.07 Å². The second kappa shape index (κ2) is 10.2. The van der Waals surface area contributed by atoms with Crippen LogP contribution >= 0.6 is 35.6 Å². The molecule has 0 aromatic heterocycles. The first-order valence-corrected chi connectivity index (χ1v) is 11.3. The van der Waals surface area contributed by atoms with E-state index in [-0.39, 0.29) is 16.7 Å². The summed E-state index contributed by atoms with van der Waals surface area (Å²) in [5, 5.41) is 1.54. The van der Waals surface area contributed by atoms with Gasteiger partial charge in [0, 0.05) is 16.1 Å². The van der Waals surface area contributed by atoms with Crippen molar-refractivity contribution in [2.45, 2.75) is 6.61 Å². The van der Waals surface area contributed by atoms with Crippen LogP contribution in [0.25, 0.3) is 6.08 Å². The minimum Gasteiger partial charge on any atom is -0.489 e. The summed E-state index contributed by atoms with van der Waals surface area (Å²) in [5.74, 6) is -0.728. The summed E-state index contributed by atoms with van der Waals surface area (Å²) in [4.78, 5) is 25.6. The number of carbonyl (C=O) groups excluding carboxylic acids is 2. The fourth-order valence-corrected chi connectivity index (χ4v) is 4.26. The number of halogens is 2. The molecule has 0 saturated carbocycles. The van der Waals surface area contributed by atoms with E-state index >= 15 is 0 Å². The lowest BCUT2D eigenvalue weighted by Gasteiger charge is -2.15. The molecule has 1 saturated heterocycles. The molecule has 1 fully saturated rings. The van der Waals surface area contributed by atoms with Gasteiger partial charge in [-0.05, 0) is 66.3 Å². The maximum Gasteiger partial charge on any atom is 0.285 e. The maximum absolute atomic E-state index is 13.8. The molecule has 9 heteroatoms. The number of nitrogens with one attached hydrogen (secondary N) is 1. The van der Waals surface area contributed by atoms with Crippen molar-refractivity contribution >= 4 is 57.8 Å². The van der Waals surface area contributed by atoms with Crippen LogP contribution in [0.5, 0.6) is 5.75 Å². The number of amides is 2. The maximum atomic E-state index is 13.8. The van der Waals surface area contributed by atoms with Crippen LogP contribution in [0.1, 0.15) is 21.5 Å². The number of hydrogen-bond donors (Lipinski definition) is 1. The Bertz CT molecular complexity index is 1260. The monoisotopic (exact) mass is 498 g/mol. The van der Waals surface area contributed by atoms with Crippen LogP contribution in [0.4, 0.5) is 4.39 Å². The third-order valence-corrected chi connectivity index (χ3v) is 6.18. The molecule has 0 unspecified atom stereocenters. The number of hydrazine groups is 1. The Morgan fingerprint density at radius 2 is 1.88 bits per heavy atom. The molecule has 1 N–H and O–H groups in total. The van der Waals surface area contributed by atoms with Gasteiger partial charge in [-0.25, -0.2) is 4.39 Å². The van der Waals surface area contributed by atoms with Crippen LogP contribution in [0.15, 0.2) is 77.7 Å². The molecule has 3 aromatic carbocycles. The van der Waals surface area contributed by atoms with Gasteiger partial charge in [0.2, 0.25) is 0 Å². The van der Waals surface area contributed by atoms with Crippen LogP contribution in [0.3, 0.4) is 0 Å². The molecule has 5 nitrogen and oxygen atoms in total. The molecule has 0 radical (unpaired) electrons. The van der Waals surface area contributed by atoms with E-state index in [1.807, 2.05) is 0 Å². The lowest BCUT2D eigenvalue weighted by molar-refractivity contribution is -0.123. The van der Waals surface area contributed by atoms with E-state index in [1.54, 1.807) is 72.8 Å². The first kappa shape index (κ1) is 23.0. The molecule has 3 aromatic rings. The minimum atomic E-state index is -0.479. The van der Waals surface area contributed by atoms with Crippen LogP contribution in [-0.4, -0.2) is 21.1 Å². The Balaban J connectivity index is 1.44. The average molecular weight is 499 g/mol. The molecule has 166 valence electrons. The fourth-order valence-electron chi connectivity index (χ4n) is 2.95. The molecule has 0 spiro atoms. The molecular formula is C24H16ClFN2O3S2. The Kier molecular flexibility index (Phi) is 7.08. The summed E-state index contributed by atoms with van der Waals surface area (Å²) in [6.07, 6.45) is 1.66. The summed E-state index contributed by atoms with van der Waals surface area (Å²) in [7, 11) is 0. The van der Waals surface area contributed by atoms with Crippen molar-refractivity contribution in [3.8, 4) is 5.75 Å². The summed E-state index contributed by atoms with van der Waals surface area (Å²) < 4.78 is 19.7. The largest absolute Gasteiger partial charge is 0.489 e. The van der Waals surface area contributed by atoms with Gasteiger partial charge in [0.15, 0.2) is 4.32 Å². The molecule has 1 aliphatic rings. The van der Waals surface area contributed by atoms with E-state index in [0.717, 1.165) is 16.8 Å². The highest BCUT2D eigenvalue weighted by Crippen LogP contribution is 2.32. The van der Waals surface area contributed by atoms with Gasteiger partial charge >= 0.3 is 0 Å². The topological polar surface area (TPSA) is 58.6 Å². The molecular weight excluding hydrogens is 483 g/mol. The van der Waals surface area contributed by atoms with Gasteiger partial charge in [-0.2, -0.15) is 5.01 Å². The van der Waals surface area contributed by atoms with Crippen molar-refractivity contribution in [3.63, 3.8) is 0 Å². The highest BCUT2D eigenvalue weighted by Gasteiger charge is 2.33. The normalized spacial score (nSPS) is 14.6. The van der Waals surface area contributed by atoms with Crippen molar-refractivity contribution in [3.05, 3.63) is 105 Å². The number of ether oxygens (including phenoxy) is 1. The van der Waals surface area contributed by atoms with Crippen molar-refractivity contribution in [1.29, 1.82) is 0 Å². The number of hydrogen-bond acceptors (Lipinski definition) is 5. The number of carbonyl (C=O) groups is 2. The van der Waals surface area contributed by atoms with Crippen molar-refractivity contribution < 1.29 is 18.7 Å². The summed E-state index contributed by atoms with van der Waals surface area (Å²) in [5.41, 5.74) is 4.01. The first-order chi connectivity index (χ1) is 15.9. The van der Waals surface area contributed by atoms with Crippen LogP contribution in [0, 0.1) is 5.82 Å². The van der Waals surface area contributed by atoms with Gasteiger partial charge in [0.25, 0.3) is 11.8 Å². The second-order valence-electron chi connectivity index (χ2n) is 6.92. The Labute approximate surface area is 204 Å². The standard InChI is InChI=1S/C24H16ClFN2O3S2/c25-18-10-8-16(9-11-18)22(29)27-28-23(30)21(33-24(28)32)13-15-4-3-6-19(12-15)31-14-17-5-1-2-7-20(17)26/h1-13H,14H2,(H,27,29)/b21-13+. The van der Waals surface area contributed by atoms with Crippen LogP contribution < -0.4 is 10.2 Å². The molecule has 0 bridgehead atoms. The lowest BCUT2D eigenvalue weighted by atomic mass is 10.2.